The zero-order valence-electron chi connectivity index (χ0n) is 30.5. The number of amidine groups is 1. The number of hydrogen-bond donors (Lipinski definition) is 2. The van der Waals surface area contributed by atoms with Gasteiger partial charge in [0.25, 0.3) is 5.91 Å². The van der Waals surface area contributed by atoms with E-state index in [0.717, 1.165) is 61.1 Å². The van der Waals surface area contributed by atoms with Crippen LogP contribution >= 0.6 is 11.3 Å². The number of aliphatic imine (C=N–C) groups is 1. The number of ether oxygens (including phenoxy) is 4. The van der Waals surface area contributed by atoms with Gasteiger partial charge in [0.1, 0.15) is 5.84 Å². The lowest BCUT2D eigenvalue weighted by Crippen LogP contribution is -2.46. The molecule has 1 aromatic carbocycles. The topological polar surface area (TPSA) is 183 Å². The highest BCUT2D eigenvalue weighted by molar-refractivity contribution is 7.85. The van der Waals surface area contributed by atoms with E-state index in [1.54, 1.807) is 11.3 Å². The number of carbonyl (C=O) groups excluding carboxylic acids is 2. The number of hydroxylamine groups is 2. The minimum Gasteiger partial charge on any atom is -0.420 e. The van der Waals surface area contributed by atoms with E-state index in [4.69, 9.17) is 29.3 Å². The number of hydrogen-bond acceptors (Lipinski definition) is 14. The van der Waals surface area contributed by atoms with E-state index in [9.17, 15) is 35.6 Å². The summed E-state index contributed by atoms with van der Waals surface area (Å²) >= 11 is 1.61. The number of benzene rings is 1. The first kappa shape index (κ1) is 44.2. The van der Waals surface area contributed by atoms with E-state index in [0.29, 0.717) is 37.8 Å². The number of thiophene rings is 1. The molecule has 2 aliphatic rings. The van der Waals surface area contributed by atoms with Gasteiger partial charge in [-0.1, -0.05) is 6.92 Å². The molecule has 15 nitrogen and oxygen atoms in total. The van der Waals surface area contributed by atoms with Crippen LogP contribution in [0.1, 0.15) is 42.9 Å². The Bertz CT molecular complexity index is 1790. The fourth-order valence-electron chi connectivity index (χ4n) is 5.55. The molecule has 0 spiro atoms. The maximum Gasteiger partial charge on any atom is 0.313 e. The first-order valence-corrected chi connectivity index (χ1v) is 19.8. The third-order valence-electron chi connectivity index (χ3n) is 8.19. The minimum absolute atomic E-state index is 0.0473. The van der Waals surface area contributed by atoms with Gasteiger partial charge in [0.15, 0.2) is 16.5 Å². The van der Waals surface area contributed by atoms with E-state index >= 15 is 0 Å². The second-order valence-corrected chi connectivity index (χ2v) is 14.8. The van der Waals surface area contributed by atoms with Crippen LogP contribution in [0, 0.1) is 23.3 Å². The number of nitrogens with zero attached hydrogens (tertiary/aromatic N) is 4. The summed E-state index contributed by atoms with van der Waals surface area (Å²) in [5.74, 6) is -12.4. The lowest BCUT2D eigenvalue weighted by atomic mass is 10.1. The molecule has 3 N–H and O–H groups in total. The maximum absolute atomic E-state index is 14.0. The van der Waals surface area contributed by atoms with Crippen molar-refractivity contribution in [3.8, 4) is 5.75 Å². The number of halogens is 4. The van der Waals surface area contributed by atoms with Crippen molar-refractivity contribution in [2.24, 2.45) is 10.7 Å². The van der Waals surface area contributed by atoms with E-state index < -0.39 is 56.4 Å². The Balaban J connectivity index is 1.06. The van der Waals surface area contributed by atoms with Gasteiger partial charge in [-0.2, -0.15) is 17.2 Å². The van der Waals surface area contributed by atoms with Gasteiger partial charge >= 0.3 is 16.1 Å². The molecule has 306 valence electrons. The highest BCUT2D eigenvalue weighted by atomic mass is 32.2. The average Bonchev–Trinajstić information content (AvgIpc) is 3.42. The standard InChI is InChI=1S/C34H45F4N5O10S2/c1-3-6-43(52-4-2)34(45)22-18-25-24(40-26(39)19-22)20-23(54-25)21-42-9-7-41(8-10-42)11-13-50-15-17-51-16-14-49-12-5-27(44)53-32-28(35)30(37)33(55(46,47)48)31(38)29(32)36/h18,20H,3-17,19,21H2,1-2H3,(H2,39,40)(H,46,47,48). The van der Waals surface area contributed by atoms with Crippen molar-refractivity contribution in [3.63, 3.8) is 0 Å². The fraction of sp³-hybridized carbons (Fsp3) is 0.559. The number of piperazine rings is 1. The molecular weight excluding hydrogens is 779 g/mol. The molecule has 21 heteroatoms. The Labute approximate surface area is 320 Å². The first-order valence-electron chi connectivity index (χ1n) is 17.6. The van der Waals surface area contributed by atoms with Crippen LogP contribution in [0.5, 0.6) is 5.75 Å². The van der Waals surface area contributed by atoms with Crippen molar-refractivity contribution in [3.05, 3.63) is 44.7 Å². The molecule has 3 heterocycles. The largest absolute Gasteiger partial charge is 0.420 e. The van der Waals surface area contributed by atoms with Gasteiger partial charge in [0.2, 0.25) is 17.4 Å². The summed E-state index contributed by atoms with van der Waals surface area (Å²) < 4.78 is 107. The third kappa shape index (κ3) is 12.7. The van der Waals surface area contributed by atoms with Gasteiger partial charge in [0.05, 0.1) is 63.2 Å². The molecule has 0 aliphatic carbocycles. The SMILES string of the molecule is CCCN(OCC)C(=O)C1=Cc2sc(CN3CCN(CCOCCOCCOCCC(=O)Oc4c(F)c(F)c(S(=O)(=O)O)c(F)c4F)CC3)cc2N=C(N)C1. The monoisotopic (exact) mass is 823 g/mol. The zero-order valence-corrected chi connectivity index (χ0v) is 32.1. The lowest BCUT2D eigenvalue weighted by Gasteiger charge is -2.34. The van der Waals surface area contributed by atoms with Crippen LogP contribution in [0.3, 0.4) is 0 Å². The van der Waals surface area contributed by atoms with Crippen LogP contribution in [0.2, 0.25) is 0 Å². The van der Waals surface area contributed by atoms with E-state index in [2.05, 4.69) is 19.5 Å². The first-order chi connectivity index (χ1) is 26.2. The molecule has 4 rings (SSSR count). The highest BCUT2D eigenvalue weighted by Crippen LogP contribution is 2.36. The number of fused-ring (bicyclic) bond motifs is 1. The predicted octanol–water partition coefficient (Wildman–Crippen LogP) is 3.68. The van der Waals surface area contributed by atoms with Gasteiger partial charge in [-0.05, 0) is 25.5 Å². The van der Waals surface area contributed by atoms with Gasteiger partial charge in [-0.15, -0.1) is 11.3 Å². The van der Waals surface area contributed by atoms with E-state index in [1.165, 1.54) is 5.06 Å². The third-order valence-corrected chi connectivity index (χ3v) is 10.1. The second-order valence-electron chi connectivity index (χ2n) is 12.3. The molecule has 2 aromatic rings. The van der Waals surface area contributed by atoms with Gasteiger partial charge < -0.3 is 24.7 Å². The Morgan fingerprint density at radius 2 is 1.53 bits per heavy atom. The van der Waals surface area contributed by atoms with Crippen LogP contribution in [-0.2, 0) is 45.3 Å². The van der Waals surface area contributed by atoms with Crippen molar-refractivity contribution < 1.29 is 63.9 Å². The molecule has 1 aromatic heterocycles. The maximum atomic E-state index is 14.0. The van der Waals surface area contributed by atoms with Gasteiger partial charge in [-0.3, -0.25) is 28.8 Å². The van der Waals surface area contributed by atoms with Crippen molar-refractivity contribution in [1.29, 1.82) is 0 Å². The van der Waals surface area contributed by atoms with E-state index in [-0.39, 0.29) is 38.8 Å². The molecule has 1 saturated heterocycles. The molecule has 55 heavy (non-hydrogen) atoms. The van der Waals surface area contributed by atoms with Crippen molar-refractivity contribution in [1.82, 2.24) is 14.9 Å². The number of rotatable bonds is 21. The van der Waals surface area contributed by atoms with Crippen molar-refractivity contribution >= 4 is 50.9 Å². The zero-order chi connectivity index (χ0) is 40.1. The number of carbonyl (C=O) groups is 2. The Hall–Kier alpha value is -3.54. The van der Waals surface area contributed by atoms with Crippen LogP contribution in [0.4, 0.5) is 23.2 Å². The summed E-state index contributed by atoms with van der Waals surface area (Å²) in [7, 11) is -5.64. The lowest BCUT2D eigenvalue weighted by molar-refractivity contribution is -0.180. The Morgan fingerprint density at radius 1 is 0.927 bits per heavy atom. The fourth-order valence-corrected chi connectivity index (χ4v) is 7.29. The summed E-state index contributed by atoms with van der Waals surface area (Å²) in [5.41, 5.74) is 7.51. The number of nitrogens with two attached hydrogens (primary N) is 1. The number of esters is 1. The molecule has 0 bridgehead atoms. The Kier molecular flexibility index (Phi) is 17.0. The highest BCUT2D eigenvalue weighted by Gasteiger charge is 2.34. The van der Waals surface area contributed by atoms with Crippen LogP contribution < -0.4 is 10.5 Å². The van der Waals surface area contributed by atoms with Crippen molar-refractivity contribution in [2.45, 2.75) is 44.6 Å². The van der Waals surface area contributed by atoms with Gasteiger partial charge in [-0.25, -0.2) is 18.8 Å². The predicted molar refractivity (Wildman–Crippen MR) is 192 cm³/mol. The normalized spacial score (nSPS) is 15.3. The molecule has 0 atom stereocenters. The molecule has 2 aliphatic heterocycles. The Morgan fingerprint density at radius 3 is 2.13 bits per heavy atom. The average molecular weight is 824 g/mol. The summed E-state index contributed by atoms with van der Waals surface area (Å²) in [6.07, 6.45) is 2.35. The number of amides is 1. The van der Waals surface area contributed by atoms with E-state index in [1.807, 2.05) is 26.0 Å². The van der Waals surface area contributed by atoms with Crippen LogP contribution in [-0.4, -0.2) is 131 Å². The summed E-state index contributed by atoms with van der Waals surface area (Å²) in [4.78, 5) is 39.7. The quantitative estimate of drug-likeness (QED) is 0.0354. The molecule has 1 fully saturated rings. The van der Waals surface area contributed by atoms with Crippen LogP contribution in [0.15, 0.2) is 21.5 Å². The molecule has 0 saturated carbocycles. The summed E-state index contributed by atoms with van der Waals surface area (Å²) in [5, 5.41) is 1.40. The molecule has 0 radical (unpaired) electrons. The summed E-state index contributed by atoms with van der Waals surface area (Å²) in [6, 6.07) is 2.04. The minimum atomic E-state index is -5.64. The molecular formula is C34H45F4N5O10S2. The smallest absolute Gasteiger partial charge is 0.313 e. The van der Waals surface area contributed by atoms with Crippen LogP contribution in [0.25, 0.3) is 6.08 Å². The van der Waals surface area contributed by atoms with Gasteiger partial charge in [0, 0.05) is 62.7 Å². The second kappa shape index (κ2) is 21.1. The summed E-state index contributed by atoms with van der Waals surface area (Å²) in [6.45, 7) is 10.8. The molecule has 0 unspecified atom stereocenters. The molecule has 1 amide bonds. The van der Waals surface area contributed by atoms with Crippen molar-refractivity contribution in [2.75, 3.05) is 85.5 Å².